The van der Waals surface area contributed by atoms with Crippen molar-refractivity contribution in [3.63, 3.8) is 0 Å². The van der Waals surface area contributed by atoms with Crippen LogP contribution >= 0.6 is 0 Å². The first-order chi connectivity index (χ1) is 8.83. The molecule has 0 unspecified atom stereocenters. The van der Waals surface area contributed by atoms with Crippen LogP contribution in [0, 0.1) is 6.92 Å². The van der Waals surface area contributed by atoms with Crippen molar-refractivity contribution in [1.29, 1.82) is 0 Å². The SMILES string of the molecule is Cc1cc(Nc2ccccn2)c2ccccc2c1. The van der Waals surface area contributed by atoms with Gasteiger partial charge in [0.25, 0.3) is 0 Å². The van der Waals surface area contributed by atoms with Crippen LogP contribution in [-0.2, 0) is 0 Å². The lowest BCUT2D eigenvalue weighted by molar-refractivity contribution is 1.31. The lowest BCUT2D eigenvalue weighted by Crippen LogP contribution is -1.94. The minimum absolute atomic E-state index is 0.869. The van der Waals surface area contributed by atoms with E-state index in [-0.39, 0.29) is 0 Å². The van der Waals surface area contributed by atoms with E-state index >= 15 is 0 Å². The first-order valence-electron chi connectivity index (χ1n) is 6.00. The molecule has 2 heteroatoms. The third-order valence-electron chi connectivity index (χ3n) is 2.93. The molecule has 0 amide bonds. The van der Waals surface area contributed by atoms with Gasteiger partial charge in [0.05, 0.1) is 0 Å². The van der Waals surface area contributed by atoms with E-state index in [1.165, 1.54) is 16.3 Å². The third kappa shape index (κ3) is 2.05. The van der Waals surface area contributed by atoms with Crippen molar-refractivity contribution in [3.05, 3.63) is 66.4 Å². The molecular weight excluding hydrogens is 220 g/mol. The number of nitrogens with zero attached hydrogens (tertiary/aromatic N) is 1. The maximum absolute atomic E-state index is 4.30. The van der Waals surface area contributed by atoms with Gasteiger partial charge in [-0.05, 0) is 36.1 Å². The Labute approximate surface area is 106 Å². The van der Waals surface area contributed by atoms with Gasteiger partial charge in [-0.15, -0.1) is 0 Å². The summed E-state index contributed by atoms with van der Waals surface area (Å²) in [6.45, 7) is 2.11. The van der Waals surface area contributed by atoms with Gasteiger partial charge in [0.2, 0.25) is 0 Å². The molecule has 0 saturated carbocycles. The topological polar surface area (TPSA) is 24.9 Å². The summed E-state index contributed by atoms with van der Waals surface area (Å²) >= 11 is 0. The number of hydrogen-bond donors (Lipinski definition) is 1. The molecule has 3 aromatic rings. The van der Waals surface area contributed by atoms with E-state index in [0.29, 0.717) is 0 Å². The number of hydrogen-bond acceptors (Lipinski definition) is 2. The quantitative estimate of drug-likeness (QED) is 0.715. The van der Waals surface area contributed by atoms with Crippen molar-refractivity contribution >= 4 is 22.3 Å². The molecule has 3 rings (SSSR count). The molecule has 0 aliphatic heterocycles. The van der Waals surface area contributed by atoms with Crippen LogP contribution in [-0.4, -0.2) is 4.98 Å². The zero-order valence-electron chi connectivity index (χ0n) is 10.2. The van der Waals surface area contributed by atoms with E-state index in [1.807, 2.05) is 18.2 Å². The van der Waals surface area contributed by atoms with Crippen LogP contribution in [0.5, 0.6) is 0 Å². The molecule has 88 valence electrons. The summed E-state index contributed by atoms with van der Waals surface area (Å²) in [5.41, 5.74) is 2.34. The smallest absolute Gasteiger partial charge is 0.130 e. The van der Waals surface area contributed by atoms with Crippen LogP contribution in [0.4, 0.5) is 11.5 Å². The summed E-state index contributed by atoms with van der Waals surface area (Å²) in [6, 6.07) is 18.6. The Kier molecular flexibility index (Phi) is 2.69. The van der Waals surface area contributed by atoms with Gasteiger partial charge in [-0.25, -0.2) is 4.98 Å². The second-order valence-electron chi connectivity index (χ2n) is 4.37. The van der Waals surface area contributed by atoms with Gasteiger partial charge in [-0.1, -0.05) is 36.4 Å². The minimum atomic E-state index is 0.869. The fourth-order valence-corrected chi connectivity index (χ4v) is 2.14. The average Bonchev–Trinajstić information content (AvgIpc) is 2.40. The number of fused-ring (bicyclic) bond motifs is 1. The van der Waals surface area contributed by atoms with Crippen molar-refractivity contribution in [2.45, 2.75) is 6.92 Å². The molecular formula is C16H14N2. The van der Waals surface area contributed by atoms with Crippen LogP contribution in [0.15, 0.2) is 60.8 Å². The Morgan fingerprint density at radius 2 is 1.78 bits per heavy atom. The maximum atomic E-state index is 4.30. The fraction of sp³-hybridized carbons (Fsp3) is 0.0625. The highest BCUT2D eigenvalue weighted by Gasteiger charge is 2.02. The molecule has 2 nitrogen and oxygen atoms in total. The molecule has 18 heavy (non-hydrogen) atoms. The molecule has 0 fully saturated rings. The van der Waals surface area contributed by atoms with Gasteiger partial charge in [0, 0.05) is 17.3 Å². The highest BCUT2D eigenvalue weighted by molar-refractivity contribution is 5.95. The van der Waals surface area contributed by atoms with Gasteiger partial charge in [0.1, 0.15) is 5.82 Å². The Hall–Kier alpha value is -2.35. The summed E-state index contributed by atoms with van der Waals surface area (Å²) in [6.07, 6.45) is 1.79. The number of pyridine rings is 1. The van der Waals surface area contributed by atoms with Crippen molar-refractivity contribution in [2.24, 2.45) is 0 Å². The second-order valence-corrected chi connectivity index (χ2v) is 4.37. The van der Waals surface area contributed by atoms with Crippen molar-refractivity contribution in [1.82, 2.24) is 4.98 Å². The molecule has 0 radical (unpaired) electrons. The molecule has 0 spiro atoms. The van der Waals surface area contributed by atoms with Gasteiger partial charge >= 0.3 is 0 Å². The molecule has 0 saturated heterocycles. The monoisotopic (exact) mass is 234 g/mol. The van der Waals surface area contributed by atoms with E-state index in [9.17, 15) is 0 Å². The summed E-state index contributed by atoms with van der Waals surface area (Å²) in [4.78, 5) is 4.30. The second kappa shape index (κ2) is 4.49. The lowest BCUT2D eigenvalue weighted by atomic mass is 10.1. The predicted molar refractivity (Wildman–Crippen MR) is 76.2 cm³/mol. The maximum Gasteiger partial charge on any atom is 0.130 e. The van der Waals surface area contributed by atoms with Crippen molar-refractivity contribution in [3.8, 4) is 0 Å². The summed E-state index contributed by atoms with van der Waals surface area (Å²) in [7, 11) is 0. The first-order valence-corrected chi connectivity index (χ1v) is 6.00. The molecule has 0 aliphatic rings. The molecule has 1 N–H and O–H groups in total. The number of aromatic nitrogens is 1. The molecule has 1 heterocycles. The molecule has 0 bridgehead atoms. The number of aryl methyl sites for hydroxylation is 1. The minimum Gasteiger partial charge on any atom is -0.340 e. The third-order valence-corrected chi connectivity index (χ3v) is 2.93. The van der Waals surface area contributed by atoms with Crippen molar-refractivity contribution in [2.75, 3.05) is 5.32 Å². The van der Waals surface area contributed by atoms with Crippen LogP contribution in [0.1, 0.15) is 5.56 Å². The number of nitrogens with one attached hydrogen (secondary N) is 1. The van der Waals surface area contributed by atoms with E-state index in [4.69, 9.17) is 0 Å². The highest BCUT2D eigenvalue weighted by atomic mass is 15.0. The zero-order valence-corrected chi connectivity index (χ0v) is 10.2. The standard InChI is InChI=1S/C16H14N2/c1-12-10-13-6-2-3-7-14(13)15(11-12)18-16-8-4-5-9-17-16/h2-11H,1H3,(H,17,18). The van der Waals surface area contributed by atoms with Gasteiger partial charge in [-0.3, -0.25) is 0 Å². The van der Waals surface area contributed by atoms with Crippen LogP contribution in [0.3, 0.4) is 0 Å². The Bertz CT molecular complexity index is 675. The van der Waals surface area contributed by atoms with E-state index in [2.05, 4.69) is 53.6 Å². The van der Waals surface area contributed by atoms with Crippen LogP contribution in [0.2, 0.25) is 0 Å². The van der Waals surface area contributed by atoms with Gasteiger partial charge < -0.3 is 5.32 Å². The molecule has 0 atom stereocenters. The van der Waals surface area contributed by atoms with Crippen LogP contribution < -0.4 is 5.32 Å². The molecule has 2 aromatic carbocycles. The zero-order chi connectivity index (χ0) is 12.4. The summed E-state index contributed by atoms with van der Waals surface area (Å²) < 4.78 is 0. The largest absolute Gasteiger partial charge is 0.340 e. The van der Waals surface area contributed by atoms with E-state index in [0.717, 1.165) is 11.5 Å². The van der Waals surface area contributed by atoms with Crippen LogP contribution in [0.25, 0.3) is 10.8 Å². The van der Waals surface area contributed by atoms with E-state index in [1.54, 1.807) is 6.20 Å². The Morgan fingerprint density at radius 3 is 2.61 bits per heavy atom. The Morgan fingerprint density at radius 1 is 0.944 bits per heavy atom. The van der Waals surface area contributed by atoms with Gasteiger partial charge in [0.15, 0.2) is 0 Å². The number of benzene rings is 2. The average molecular weight is 234 g/mol. The molecule has 0 aliphatic carbocycles. The number of anilines is 2. The van der Waals surface area contributed by atoms with Gasteiger partial charge in [-0.2, -0.15) is 0 Å². The van der Waals surface area contributed by atoms with Crippen molar-refractivity contribution < 1.29 is 0 Å². The van der Waals surface area contributed by atoms with E-state index < -0.39 is 0 Å². The Balaban J connectivity index is 2.11. The highest BCUT2D eigenvalue weighted by Crippen LogP contribution is 2.27. The molecule has 1 aromatic heterocycles. The summed E-state index contributed by atoms with van der Waals surface area (Å²) in [5.74, 6) is 0.869. The predicted octanol–water partition coefficient (Wildman–Crippen LogP) is 4.29. The normalized spacial score (nSPS) is 10.5. The summed E-state index contributed by atoms with van der Waals surface area (Å²) in [5, 5.41) is 5.84. The lowest BCUT2D eigenvalue weighted by Gasteiger charge is -2.10. The fourth-order valence-electron chi connectivity index (χ4n) is 2.14. The number of rotatable bonds is 2. The first kappa shape index (κ1) is 10.8.